The van der Waals surface area contributed by atoms with Crippen LogP contribution in [0.1, 0.15) is 30.7 Å². The largest absolute Gasteiger partial charge is 0.356 e. The maximum Gasteiger partial charge on any atom is 0.220 e. The molecule has 3 heterocycles. The molecule has 0 spiro atoms. The summed E-state index contributed by atoms with van der Waals surface area (Å²) >= 11 is 0. The second kappa shape index (κ2) is 9.18. The number of pyridine rings is 1. The van der Waals surface area contributed by atoms with Crippen molar-refractivity contribution >= 4 is 16.8 Å². The van der Waals surface area contributed by atoms with Crippen LogP contribution in [0.2, 0.25) is 0 Å². The van der Waals surface area contributed by atoms with Gasteiger partial charge >= 0.3 is 0 Å². The number of nitrogens with one attached hydrogen (secondary N) is 1. The minimum atomic E-state index is 0.133. The Morgan fingerprint density at radius 1 is 1.14 bits per heavy atom. The molecule has 152 valence electrons. The number of fused-ring (bicyclic) bond motifs is 1. The number of amides is 1. The van der Waals surface area contributed by atoms with Gasteiger partial charge in [-0.05, 0) is 56.5 Å². The first-order valence-corrected chi connectivity index (χ1v) is 10.5. The van der Waals surface area contributed by atoms with Gasteiger partial charge in [0.05, 0.1) is 11.2 Å². The molecule has 1 aliphatic rings. The summed E-state index contributed by atoms with van der Waals surface area (Å²) in [5, 5.41) is 8.45. The van der Waals surface area contributed by atoms with Crippen LogP contribution in [0.5, 0.6) is 0 Å². The highest BCUT2D eigenvalue weighted by molar-refractivity contribution is 5.78. The fraction of sp³-hybridized carbons (Fsp3) is 0.435. The lowest BCUT2D eigenvalue weighted by atomic mass is 9.96. The lowest BCUT2D eigenvalue weighted by Crippen LogP contribution is -2.38. The topological polar surface area (TPSA) is 63.1 Å². The number of likely N-dealkylation sites (tertiary alicyclic amines) is 1. The van der Waals surface area contributed by atoms with Gasteiger partial charge in [0.1, 0.15) is 0 Å². The summed E-state index contributed by atoms with van der Waals surface area (Å²) in [7, 11) is 1.91. The molecule has 0 atom stereocenters. The first kappa shape index (κ1) is 19.6. The molecule has 29 heavy (non-hydrogen) atoms. The number of hydrogen-bond donors (Lipinski definition) is 1. The van der Waals surface area contributed by atoms with E-state index >= 15 is 0 Å². The van der Waals surface area contributed by atoms with Gasteiger partial charge in [-0.15, -0.1) is 0 Å². The standard InChI is InChI=1S/C23H29N5O/c1-27-21(10-13-25-27)8-9-23(29)24-16-18-11-14-28(15-12-18)17-20-7-6-19-4-2-3-5-22(19)26-20/h2-7,10,13,18H,8-9,11-12,14-17H2,1H3,(H,24,29). The molecule has 1 saturated heterocycles. The van der Waals surface area contributed by atoms with Crippen LogP contribution in [0, 0.1) is 5.92 Å². The number of rotatable bonds is 7. The Morgan fingerprint density at radius 3 is 2.76 bits per heavy atom. The van der Waals surface area contributed by atoms with Crippen molar-refractivity contribution in [3.8, 4) is 0 Å². The lowest BCUT2D eigenvalue weighted by molar-refractivity contribution is -0.121. The molecular weight excluding hydrogens is 362 g/mol. The number of para-hydroxylation sites is 1. The minimum Gasteiger partial charge on any atom is -0.356 e. The molecule has 0 aliphatic carbocycles. The van der Waals surface area contributed by atoms with Crippen LogP contribution in [-0.4, -0.2) is 45.2 Å². The van der Waals surface area contributed by atoms with Crippen LogP contribution < -0.4 is 5.32 Å². The zero-order chi connectivity index (χ0) is 20.1. The summed E-state index contributed by atoms with van der Waals surface area (Å²) in [6.07, 6.45) is 5.27. The summed E-state index contributed by atoms with van der Waals surface area (Å²) in [5.41, 5.74) is 3.29. The van der Waals surface area contributed by atoms with E-state index in [1.807, 2.05) is 29.9 Å². The van der Waals surface area contributed by atoms with Gasteiger partial charge in [0.15, 0.2) is 0 Å². The molecule has 2 aromatic heterocycles. The van der Waals surface area contributed by atoms with E-state index in [-0.39, 0.29) is 5.91 Å². The van der Waals surface area contributed by atoms with E-state index in [2.05, 4.69) is 39.6 Å². The van der Waals surface area contributed by atoms with E-state index in [9.17, 15) is 4.79 Å². The van der Waals surface area contributed by atoms with Gasteiger partial charge in [-0.3, -0.25) is 19.4 Å². The van der Waals surface area contributed by atoms with Crippen molar-refractivity contribution in [1.82, 2.24) is 25.0 Å². The number of carbonyl (C=O) groups is 1. The number of aryl methyl sites for hydroxylation is 2. The highest BCUT2D eigenvalue weighted by Crippen LogP contribution is 2.19. The van der Waals surface area contributed by atoms with E-state index < -0.39 is 0 Å². The highest BCUT2D eigenvalue weighted by atomic mass is 16.1. The molecule has 1 amide bonds. The molecule has 0 unspecified atom stereocenters. The lowest BCUT2D eigenvalue weighted by Gasteiger charge is -2.31. The van der Waals surface area contributed by atoms with Gasteiger partial charge in [0, 0.05) is 43.8 Å². The van der Waals surface area contributed by atoms with Crippen LogP contribution in [0.25, 0.3) is 10.9 Å². The Morgan fingerprint density at radius 2 is 1.97 bits per heavy atom. The first-order valence-electron chi connectivity index (χ1n) is 10.5. The predicted octanol–water partition coefficient (Wildman–Crippen LogP) is 2.93. The number of hydrogen-bond acceptors (Lipinski definition) is 4. The quantitative estimate of drug-likeness (QED) is 0.673. The molecule has 3 aromatic rings. The molecule has 4 rings (SSSR count). The van der Waals surface area contributed by atoms with Crippen molar-refractivity contribution in [3.63, 3.8) is 0 Å². The summed E-state index contributed by atoms with van der Waals surface area (Å²) < 4.78 is 1.83. The van der Waals surface area contributed by atoms with Gasteiger partial charge in [-0.2, -0.15) is 5.10 Å². The van der Waals surface area contributed by atoms with E-state index in [4.69, 9.17) is 4.98 Å². The molecule has 0 bridgehead atoms. The van der Waals surface area contributed by atoms with Crippen molar-refractivity contribution in [1.29, 1.82) is 0 Å². The molecular formula is C23H29N5O. The van der Waals surface area contributed by atoms with E-state index in [0.29, 0.717) is 12.3 Å². The van der Waals surface area contributed by atoms with Crippen molar-refractivity contribution in [2.24, 2.45) is 13.0 Å². The van der Waals surface area contributed by atoms with Crippen molar-refractivity contribution in [3.05, 3.63) is 60.0 Å². The first-order chi connectivity index (χ1) is 14.2. The molecule has 0 radical (unpaired) electrons. The molecule has 1 aliphatic heterocycles. The van der Waals surface area contributed by atoms with Gasteiger partial charge in [0.2, 0.25) is 5.91 Å². The maximum atomic E-state index is 12.1. The van der Waals surface area contributed by atoms with Gasteiger partial charge < -0.3 is 5.32 Å². The number of piperidine rings is 1. The minimum absolute atomic E-state index is 0.133. The fourth-order valence-electron chi connectivity index (χ4n) is 4.01. The Balaban J connectivity index is 1.18. The maximum absolute atomic E-state index is 12.1. The van der Waals surface area contributed by atoms with Crippen LogP contribution >= 0.6 is 0 Å². The molecule has 1 fully saturated rings. The molecule has 1 aromatic carbocycles. The third-order valence-corrected chi connectivity index (χ3v) is 5.87. The second-order valence-electron chi connectivity index (χ2n) is 7.97. The van der Waals surface area contributed by atoms with Crippen molar-refractivity contribution in [2.45, 2.75) is 32.2 Å². The number of nitrogens with zero attached hydrogens (tertiary/aromatic N) is 4. The Labute approximate surface area is 171 Å². The van der Waals surface area contributed by atoms with Crippen LogP contribution in [0.3, 0.4) is 0 Å². The smallest absolute Gasteiger partial charge is 0.220 e. The van der Waals surface area contributed by atoms with Gasteiger partial charge in [-0.25, -0.2) is 0 Å². The van der Waals surface area contributed by atoms with Crippen LogP contribution in [0.4, 0.5) is 0 Å². The SMILES string of the molecule is Cn1nccc1CCC(=O)NCC1CCN(Cc2ccc3ccccc3n2)CC1. The monoisotopic (exact) mass is 391 g/mol. The van der Waals surface area contributed by atoms with Crippen LogP contribution in [0.15, 0.2) is 48.7 Å². The Bertz CT molecular complexity index is 959. The number of aromatic nitrogens is 3. The van der Waals surface area contributed by atoms with Gasteiger partial charge in [-0.1, -0.05) is 24.3 Å². The summed E-state index contributed by atoms with van der Waals surface area (Å²) in [6.45, 7) is 3.80. The van der Waals surface area contributed by atoms with Crippen molar-refractivity contribution < 1.29 is 4.79 Å². The molecule has 6 heteroatoms. The van der Waals surface area contributed by atoms with E-state index in [1.54, 1.807) is 6.20 Å². The summed E-state index contributed by atoms with van der Waals surface area (Å²) in [5.74, 6) is 0.699. The summed E-state index contributed by atoms with van der Waals surface area (Å²) in [6, 6.07) is 14.5. The van der Waals surface area contributed by atoms with E-state index in [1.165, 1.54) is 5.39 Å². The Kier molecular flexibility index (Phi) is 6.20. The summed E-state index contributed by atoms with van der Waals surface area (Å²) in [4.78, 5) is 19.4. The third-order valence-electron chi connectivity index (χ3n) is 5.87. The number of carbonyl (C=O) groups excluding carboxylic acids is 1. The molecule has 0 saturated carbocycles. The molecule has 1 N–H and O–H groups in total. The highest BCUT2D eigenvalue weighted by Gasteiger charge is 2.20. The van der Waals surface area contributed by atoms with Gasteiger partial charge in [0.25, 0.3) is 0 Å². The fourth-order valence-corrected chi connectivity index (χ4v) is 4.01. The van der Waals surface area contributed by atoms with E-state index in [0.717, 1.165) is 62.3 Å². The predicted molar refractivity (Wildman–Crippen MR) is 114 cm³/mol. The van der Waals surface area contributed by atoms with Crippen molar-refractivity contribution in [2.75, 3.05) is 19.6 Å². The Hall–Kier alpha value is -2.73. The number of benzene rings is 1. The second-order valence-corrected chi connectivity index (χ2v) is 7.97. The van der Waals surface area contributed by atoms with Crippen LogP contribution in [-0.2, 0) is 24.8 Å². The third kappa shape index (κ3) is 5.21. The normalized spacial score (nSPS) is 15.6. The average Bonchev–Trinajstić information content (AvgIpc) is 3.16. The molecule has 6 nitrogen and oxygen atoms in total. The average molecular weight is 392 g/mol. The zero-order valence-corrected chi connectivity index (χ0v) is 17.1. The zero-order valence-electron chi connectivity index (χ0n) is 17.1.